The second-order valence-electron chi connectivity index (χ2n) is 5.87. The Balaban J connectivity index is 1.54. The summed E-state index contributed by atoms with van der Waals surface area (Å²) in [5.74, 6) is 0.0748. The summed E-state index contributed by atoms with van der Waals surface area (Å²) in [6.07, 6.45) is 1.72. The van der Waals surface area contributed by atoms with Crippen molar-refractivity contribution in [2.75, 3.05) is 6.61 Å². The quantitative estimate of drug-likeness (QED) is 0.514. The van der Waals surface area contributed by atoms with Gasteiger partial charge < -0.3 is 14.9 Å². The summed E-state index contributed by atoms with van der Waals surface area (Å²) in [6.45, 7) is -0.211. The lowest BCUT2D eigenvalue weighted by atomic mass is 10.1. The van der Waals surface area contributed by atoms with Crippen molar-refractivity contribution >= 4 is 16.8 Å². The molecule has 1 amide bonds. The number of aliphatic hydroxyl groups is 1. The Kier molecular flexibility index (Phi) is 4.20. The topological polar surface area (TPSA) is 104 Å². The first-order chi connectivity index (χ1) is 12.7. The standard InChI is InChI=1S/C19H16N4O3/c24-11-17(12-4-2-1-3-5-12)21-19(25)16-9-18(26-23-16)13-6-7-15-14(8-13)10-20-22-15/h1-10,17,24H,11H2,(H,20,22)(H,21,25). The molecule has 26 heavy (non-hydrogen) atoms. The maximum Gasteiger partial charge on any atom is 0.274 e. The predicted octanol–water partition coefficient (Wildman–Crippen LogP) is 2.68. The molecule has 0 bridgehead atoms. The summed E-state index contributed by atoms with van der Waals surface area (Å²) in [4.78, 5) is 12.4. The number of aromatic amines is 1. The van der Waals surface area contributed by atoms with Gasteiger partial charge in [-0.15, -0.1) is 0 Å². The van der Waals surface area contributed by atoms with Gasteiger partial charge in [0, 0.05) is 17.0 Å². The molecule has 7 nitrogen and oxygen atoms in total. The van der Waals surface area contributed by atoms with Crippen LogP contribution < -0.4 is 5.32 Å². The van der Waals surface area contributed by atoms with Crippen molar-refractivity contribution in [3.63, 3.8) is 0 Å². The monoisotopic (exact) mass is 348 g/mol. The van der Waals surface area contributed by atoms with E-state index in [-0.39, 0.29) is 12.3 Å². The summed E-state index contributed by atoms with van der Waals surface area (Å²) >= 11 is 0. The minimum atomic E-state index is -0.508. The van der Waals surface area contributed by atoms with Crippen LogP contribution in [0, 0.1) is 0 Å². The fraction of sp³-hybridized carbons (Fsp3) is 0.105. The Hall–Kier alpha value is -3.45. The van der Waals surface area contributed by atoms with E-state index in [4.69, 9.17) is 4.52 Å². The number of rotatable bonds is 5. The summed E-state index contributed by atoms with van der Waals surface area (Å²) in [7, 11) is 0. The van der Waals surface area contributed by atoms with Crippen LogP contribution in [0.25, 0.3) is 22.2 Å². The van der Waals surface area contributed by atoms with Gasteiger partial charge in [0.05, 0.1) is 24.4 Å². The van der Waals surface area contributed by atoms with Crippen LogP contribution in [-0.2, 0) is 0 Å². The highest BCUT2D eigenvalue weighted by Gasteiger charge is 2.18. The second kappa shape index (κ2) is 6.81. The van der Waals surface area contributed by atoms with E-state index >= 15 is 0 Å². The third-order valence-corrected chi connectivity index (χ3v) is 4.16. The third-order valence-electron chi connectivity index (χ3n) is 4.16. The van der Waals surface area contributed by atoms with E-state index in [0.29, 0.717) is 5.76 Å². The van der Waals surface area contributed by atoms with E-state index < -0.39 is 11.9 Å². The van der Waals surface area contributed by atoms with Gasteiger partial charge in [0.25, 0.3) is 5.91 Å². The number of hydrogen-bond donors (Lipinski definition) is 3. The number of nitrogens with one attached hydrogen (secondary N) is 2. The summed E-state index contributed by atoms with van der Waals surface area (Å²) < 4.78 is 5.31. The Morgan fingerprint density at radius 2 is 2.04 bits per heavy atom. The van der Waals surface area contributed by atoms with E-state index in [1.165, 1.54) is 0 Å². The number of carbonyl (C=O) groups excluding carboxylic acids is 1. The fourth-order valence-corrected chi connectivity index (χ4v) is 2.77. The van der Waals surface area contributed by atoms with Crippen molar-refractivity contribution < 1.29 is 14.4 Å². The lowest BCUT2D eigenvalue weighted by Crippen LogP contribution is -2.30. The summed E-state index contributed by atoms with van der Waals surface area (Å²) in [5.41, 5.74) is 2.69. The third kappa shape index (κ3) is 3.07. The number of carbonyl (C=O) groups is 1. The maximum atomic E-state index is 12.4. The number of aliphatic hydroxyl groups excluding tert-OH is 1. The van der Waals surface area contributed by atoms with Crippen LogP contribution >= 0.6 is 0 Å². The lowest BCUT2D eigenvalue weighted by Gasteiger charge is -2.15. The van der Waals surface area contributed by atoms with E-state index in [2.05, 4.69) is 20.7 Å². The Labute approximate surface area is 148 Å². The average Bonchev–Trinajstić information content (AvgIpc) is 3.35. The molecule has 0 aliphatic rings. The summed E-state index contributed by atoms with van der Waals surface area (Å²) in [6, 6.07) is 16.0. The van der Waals surface area contributed by atoms with Crippen LogP contribution in [0.1, 0.15) is 22.1 Å². The van der Waals surface area contributed by atoms with E-state index in [1.807, 2.05) is 48.5 Å². The molecule has 2 heterocycles. The number of aromatic nitrogens is 3. The molecular formula is C19H16N4O3. The first-order valence-corrected chi connectivity index (χ1v) is 8.11. The Morgan fingerprint density at radius 1 is 1.19 bits per heavy atom. The van der Waals surface area contributed by atoms with Gasteiger partial charge in [-0.3, -0.25) is 9.89 Å². The predicted molar refractivity (Wildman–Crippen MR) is 95.3 cm³/mol. The number of H-pyrrole nitrogens is 1. The Bertz CT molecular complexity index is 1040. The van der Waals surface area contributed by atoms with E-state index in [1.54, 1.807) is 12.3 Å². The first kappa shape index (κ1) is 16.0. The van der Waals surface area contributed by atoms with Crippen LogP contribution in [0.15, 0.2) is 65.3 Å². The highest BCUT2D eigenvalue weighted by molar-refractivity contribution is 5.93. The molecule has 0 aliphatic carbocycles. The van der Waals surface area contributed by atoms with Crippen molar-refractivity contribution in [3.05, 3.63) is 72.1 Å². The zero-order valence-electron chi connectivity index (χ0n) is 13.7. The molecule has 2 aromatic heterocycles. The smallest absolute Gasteiger partial charge is 0.274 e. The van der Waals surface area contributed by atoms with E-state index in [9.17, 15) is 9.90 Å². The molecular weight excluding hydrogens is 332 g/mol. The minimum Gasteiger partial charge on any atom is -0.394 e. The molecule has 0 saturated carbocycles. The molecule has 0 radical (unpaired) electrons. The molecule has 4 rings (SSSR count). The molecule has 1 unspecified atom stereocenters. The van der Waals surface area contributed by atoms with Crippen LogP contribution in [0.4, 0.5) is 0 Å². The van der Waals surface area contributed by atoms with E-state index in [0.717, 1.165) is 22.0 Å². The Morgan fingerprint density at radius 3 is 2.85 bits per heavy atom. The van der Waals surface area contributed by atoms with Gasteiger partial charge in [-0.2, -0.15) is 5.10 Å². The maximum absolute atomic E-state index is 12.4. The number of hydrogen-bond acceptors (Lipinski definition) is 5. The van der Waals surface area contributed by atoms with Gasteiger partial charge in [0.15, 0.2) is 11.5 Å². The highest BCUT2D eigenvalue weighted by Crippen LogP contribution is 2.24. The molecule has 2 aromatic carbocycles. The van der Waals surface area contributed by atoms with Crippen LogP contribution in [0.2, 0.25) is 0 Å². The van der Waals surface area contributed by atoms with Crippen molar-refractivity contribution in [1.29, 1.82) is 0 Å². The number of fused-ring (bicyclic) bond motifs is 1. The van der Waals surface area contributed by atoms with Gasteiger partial charge in [0.1, 0.15) is 0 Å². The molecule has 0 aliphatic heterocycles. The zero-order valence-corrected chi connectivity index (χ0v) is 13.7. The van der Waals surface area contributed by atoms with Crippen LogP contribution in [-0.4, -0.2) is 33.0 Å². The molecule has 1 atom stereocenters. The average molecular weight is 348 g/mol. The zero-order chi connectivity index (χ0) is 17.9. The number of benzene rings is 2. The summed E-state index contributed by atoms with van der Waals surface area (Å²) in [5, 5.41) is 24.0. The van der Waals surface area contributed by atoms with Gasteiger partial charge in [-0.1, -0.05) is 35.5 Å². The highest BCUT2D eigenvalue weighted by atomic mass is 16.5. The number of nitrogens with zero attached hydrogens (tertiary/aromatic N) is 2. The molecule has 0 saturated heterocycles. The molecule has 0 fully saturated rings. The molecule has 130 valence electrons. The van der Waals surface area contributed by atoms with Crippen molar-refractivity contribution in [1.82, 2.24) is 20.7 Å². The lowest BCUT2D eigenvalue weighted by molar-refractivity contribution is 0.0907. The molecule has 0 spiro atoms. The van der Waals surface area contributed by atoms with Gasteiger partial charge in [-0.25, -0.2) is 0 Å². The largest absolute Gasteiger partial charge is 0.394 e. The first-order valence-electron chi connectivity index (χ1n) is 8.11. The number of amides is 1. The van der Waals surface area contributed by atoms with Crippen molar-refractivity contribution in [2.45, 2.75) is 6.04 Å². The fourth-order valence-electron chi connectivity index (χ4n) is 2.77. The second-order valence-corrected chi connectivity index (χ2v) is 5.87. The van der Waals surface area contributed by atoms with Crippen LogP contribution in [0.5, 0.6) is 0 Å². The molecule has 3 N–H and O–H groups in total. The van der Waals surface area contributed by atoms with Crippen molar-refractivity contribution in [2.24, 2.45) is 0 Å². The van der Waals surface area contributed by atoms with Gasteiger partial charge in [-0.05, 0) is 23.8 Å². The van der Waals surface area contributed by atoms with Crippen LogP contribution in [0.3, 0.4) is 0 Å². The normalized spacial score (nSPS) is 12.2. The van der Waals surface area contributed by atoms with Gasteiger partial charge in [0.2, 0.25) is 0 Å². The van der Waals surface area contributed by atoms with Crippen molar-refractivity contribution in [3.8, 4) is 11.3 Å². The molecule has 4 aromatic rings. The SMILES string of the molecule is O=C(NC(CO)c1ccccc1)c1cc(-c2ccc3[nH]ncc3c2)on1. The molecule has 7 heteroatoms. The van der Waals surface area contributed by atoms with Gasteiger partial charge >= 0.3 is 0 Å². The minimum absolute atomic E-state index is 0.154.